The van der Waals surface area contributed by atoms with E-state index in [1.165, 1.54) is 0 Å². The first-order valence-corrected chi connectivity index (χ1v) is 5.58. The zero-order valence-electron chi connectivity index (χ0n) is 8.66. The van der Waals surface area contributed by atoms with Gasteiger partial charge in [0, 0.05) is 12.5 Å². The molecule has 1 saturated carbocycles. The Bertz CT molecular complexity index is 371. The lowest BCUT2D eigenvalue weighted by atomic mass is 10.3. The second-order valence-corrected chi connectivity index (χ2v) is 4.15. The average Bonchev–Trinajstić information content (AvgIpc) is 3.01. The van der Waals surface area contributed by atoms with Gasteiger partial charge in [-0.05, 0) is 19.8 Å². The molecule has 1 N–H and O–H groups in total. The molecule has 1 aromatic rings. The normalized spacial score (nSPS) is 15.3. The Balaban J connectivity index is 1.96. The van der Waals surface area contributed by atoms with Crippen LogP contribution in [-0.2, 0) is 17.9 Å². The van der Waals surface area contributed by atoms with Gasteiger partial charge in [-0.3, -0.25) is 9.48 Å². The zero-order valence-corrected chi connectivity index (χ0v) is 9.42. The van der Waals surface area contributed by atoms with Crippen molar-refractivity contribution in [3.05, 3.63) is 16.9 Å². The van der Waals surface area contributed by atoms with E-state index in [4.69, 9.17) is 11.6 Å². The summed E-state index contributed by atoms with van der Waals surface area (Å²) in [6, 6.07) is 0. The minimum atomic E-state index is 0.134. The van der Waals surface area contributed by atoms with Crippen LogP contribution >= 0.6 is 11.6 Å². The molecule has 2 rings (SSSR count). The van der Waals surface area contributed by atoms with Crippen molar-refractivity contribution in [3.8, 4) is 0 Å². The van der Waals surface area contributed by atoms with Crippen molar-refractivity contribution in [1.82, 2.24) is 15.1 Å². The lowest BCUT2D eigenvalue weighted by molar-refractivity contribution is -0.122. The molecular formula is C10H14ClN3O. The van der Waals surface area contributed by atoms with Crippen LogP contribution in [0.1, 0.15) is 25.5 Å². The van der Waals surface area contributed by atoms with E-state index < -0.39 is 0 Å². The summed E-state index contributed by atoms with van der Waals surface area (Å²) < 4.78 is 1.80. The van der Waals surface area contributed by atoms with Gasteiger partial charge in [-0.2, -0.15) is 5.10 Å². The summed E-state index contributed by atoms with van der Waals surface area (Å²) in [5.74, 6) is 0.372. The number of carbonyl (C=O) groups excluding carboxylic acids is 1. The topological polar surface area (TPSA) is 46.9 Å². The first kappa shape index (κ1) is 10.5. The lowest BCUT2D eigenvalue weighted by Crippen LogP contribution is -2.25. The van der Waals surface area contributed by atoms with Crippen molar-refractivity contribution >= 4 is 17.5 Å². The molecule has 1 fully saturated rings. The molecule has 1 aromatic heterocycles. The SMILES string of the molecule is CCn1ncc(Cl)c1CNC(=O)C1CC1. The molecule has 82 valence electrons. The standard InChI is InChI=1S/C10H14ClN3O/c1-2-14-9(8(11)5-13-14)6-12-10(15)7-3-4-7/h5,7H,2-4,6H2,1H3,(H,12,15). The molecule has 0 aliphatic heterocycles. The van der Waals surface area contributed by atoms with Crippen LogP contribution < -0.4 is 5.32 Å². The highest BCUT2D eigenvalue weighted by Crippen LogP contribution is 2.29. The molecule has 0 bridgehead atoms. The molecule has 1 amide bonds. The Morgan fingerprint density at radius 3 is 3.07 bits per heavy atom. The number of rotatable bonds is 4. The third-order valence-corrected chi connectivity index (χ3v) is 2.89. The molecule has 0 radical (unpaired) electrons. The molecule has 15 heavy (non-hydrogen) atoms. The van der Waals surface area contributed by atoms with Crippen LogP contribution in [-0.4, -0.2) is 15.7 Å². The van der Waals surface area contributed by atoms with Crippen molar-refractivity contribution < 1.29 is 4.79 Å². The van der Waals surface area contributed by atoms with E-state index in [9.17, 15) is 4.79 Å². The molecule has 0 spiro atoms. The summed E-state index contributed by atoms with van der Waals surface area (Å²) in [7, 11) is 0. The molecule has 1 aliphatic carbocycles. The van der Waals surface area contributed by atoms with Crippen LogP contribution in [0, 0.1) is 5.92 Å². The van der Waals surface area contributed by atoms with Crippen molar-refractivity contribution in [3.63, 3.8) is 0 Å². The maximum absolute atomic E-state index is 11.4. The van der Waals surface area contributed by atoms with Gasteiger partial charge < -0.3 is 5.32 Å². The summed E-state index contributed by atoms with van der Waals surface area (Å²) in [6.07, 6.45) is 3.66. The fourth-order valence-corrected chi connectivity index (χ4v) is 1.70. The molecule has 0 unspecified atom stereocenters. The number of amides is 1. The lowest BCUT2D eigenvalue weighted by Gasteiger charge is -2.06. The van der Waals surface area contributed by atoms with Gasteiger partial charge in [-0.15, -0.1) is 0 Å². The number of carbonyl (C=O) groups is 1. The predicted molar refractivity (Wildman–Crippen MR) is 57.5 cm³/mol. The molecule has 0 atom stereocenters. The smallest absolute Gasteiger partial charge is 0.223 e. The highest BCUT2D eigenvalue weighted by atomic mass is 35.5. The van der Waals surface area contributed by atoms with E-state index in [1.54, 1.807) is 10.9 Å². The predicted octanol–water partition coefficient (Wildman–Crippen LogP) is 1.58. The summed E-state index contributed by atoms with van der Waals surface area (Å²) in [5.41, 5.74) is 0.883. The number of halogens is 1. The van der Waals surface area contributed by atoms with Crippen molar-refractivity contribution in [2.75, 3.05) is 0 Å². The van der Waals surface area contributed by atoms with Crippen LogP contribution in [0.4, 0.5) is 0 Å². The van der Waals surface area contributed by atoms with Gasteiger partial charge in [-0.1, -0.05) is 11.6 Å². The number of aryl methyl sites for hydroxylation is 1. The number of nitrogens with zero attached hydrogens (tertiary/aromatic N) is 2. The summed E-state index contributed by atoms with van der Waals surface area (Å²) in [5, 5.41) is 7.60. The number of nitrogens with one attached hydrogen (secondary N) is 1. The van der Waals surface area contributed by atoms with Crippen LogP contribution in [0.5, 0.6) is 0 Å². The first-order chi connectivity index (χ1) is 7.22. The third-order valence-electron chi connectivity index (χ3n) is 2.58. The summed E-state index contributed by atoms with van der Waals surface area (Å²) >= 11 is 5.97. The van der Waals surface area contributed by atoms with Gasteiger partial charge in [0.2, 0.25) is 5.91 Å². The van der Waals surface area contributed by atoms with Crippen LogP contribution in [0.3, 0.4) is 0 Å². The molecule has 1 heterocycles. The Morgan fingerprint density at radius 1 is 1.73 bits per heavy atom. The monoisotopic (exact) mass is 227 g/mol. The first-order valence-electron chi connectivity index (χ1n) is 5.20. The van der Waals surface area contributed by atoms with Gasteiger partial charge in [-0.25, -0.2) is 0 Å². The Kier molecular flexibility index (Phi) is 2.95. The minimum Gasteiger partial charge on any atom is -0.350 e. The zero-order chi connectivity index (χ0) is 10.8. The Morgan fingerprint density at radius 2 is 2.47 bits per heavy atom. The fraction of sp³-hybridized carbons (Fsp3) is 0.600. The van der Waals surface area contributed by atoms with Crippen LogP contribution in [0.25, 0.3) is 0 Å². The van der Waals surface area contributed by atoms with E-state index >= 15 is 0 Å². The van der Waals surface area contributed by atoms with E-state index in [2.05, 4.69) is 10.4 Å². The fourth-order valence-electron chi connectivity index (χ4n) is 1.50. The van der Waals surface area contributed by atoms with Gasteiger partial charge in [0.05, 0.1) is 23.5 Å². The third kappa shape index (κ3) is 2.31. The molecule has 0 saturated heterocycles. The Labute approximate surface area is 93.6 Å². The summed E-state index contributed by atoms with van der Waals surface area (Å²) in [4.78, 5) is 11.4. The van der Waals surface area contributed by atoms with Gasteiger partial charge in [0.25, 0.3) is 0 Å². The van der Waals surface area contributed by atoms with Crippen LogP contribution in [0.2, 0.25) is 5.02 Å². The van der Waals surface area contributed by atoms with Gasteiger partial charge >= 0.3 is 0 Å². The average molecular weight is 228 g/mol. The number of hydrogen-bond acceptors (Lipinski definition) is 2. The van der Waals surface area contributed by atoms with Crippen LogP contribution in [0.15, 0.2) is 6.20 Å². The van der Waals surface area contributed by atoms with E-state index in [-0.39, 0.29) is 11.8 Å². The maximum Gasteiger partial charge on any atom is 0.223 e. The van der Waals surface area contributed by atoms with Gasteiger partial charge in [0.15, 0.2) is 0 Å². The highest BCUT2D eigenvalue weighted by Gasteiger charge is 2.29. The second-order valence-electron chi connectivity index (χ2n) is 3.75. The van der Waals surface area contributed by atoms with E-state index in [1.807, 2.05) is 6.92 Å². The molecule has 1 aliphatic rings. The maximum atomic E-state index is 11.4. The van der Waals surface area contributed by atoms with Crippen molar-refractivity contribution in [2.24, 2.45) is 5.92 Å². The molecule has 0 aromatic carbocycles. The van der Waals surface area contributed by atoms with Gasteiger partial charge in [0.1, 0.15) is 0 Å². The van der Waals surface area contributed by atoms with Crippen molar-refractivity contribution in [2.45, 2.75) is 32.9 Å². The second kappa shape index (κ2) is 4.23. The highest BCUT2D eigenvalue weighted by molar-refractivity contribution is 6.31. The largest absolute Gasteiger partial charge is 0.350 e. The quantitative estimate of drug-likeness (QED) is 0.849. The summed E-state index contributed by atoms with van der Waals surface area (Å²) in [6.45, 7) is 3.24. The minimum absolute atomic E-state index is 0.134. The molecule has 4 nitrogen and oxygen atoms in total. The number of aromatic nitrogens is 2. The van der Waals surface area contributed by atoms with E-state index in [0.717, 1.165) is 25.1 Å². The molecule has 5 heteroatoms. The van der Waals surface area contributed by atoms with Crippen molar-refractivity contribution in [1.29, 1.82) is 0 Å². The number of hydrogen-bond donors (Lipinski definition) is 1. The van der Waals surface area contributed by atoms with E-state index in [0.29, 0.717) is 11.6 Å². The Hall–Kier alpha value is -1.03. The molecular weight excluding hydrogens is 214 g/mol.